The third-order valence-electron chi connectivity index (χ3n) is 1.60. The Morgan fingerprint density at radius 3 is 1.45 bits per heavy atom. The van der Waals surface area contributed by atoms with Gasteiger partial charge < -0.3 is 20.8 Å². The van der Waals surface area contributed by atoms with Crippen LogP contribution in [0, 0.1) is 0 Å². The SMILES string of the molecule is CCC[N+](CO)(CO)CO.[OH-]. The summed E-state index contributed by atoms with van der Waals surface area (Å²) in [6.45, 7) is 1.92. The Balaban J connectivity index is 0. The maximum atomic E-state index is 8.76. The van der Waals surface area contributed by atoms with Gasteiger partial charge in [-0.2, -0.15) is 0 Å². The van der Waals surface area contributed by atoms with Crippen molar-refractivity contribution in [2.75, 3.05) is 26.7 Å². The van der Waals surface area contributed by atoms with Crippen molar-refractivity contribution in [3.05, 3.63) is 0 Å². The van der Waals surface area contributed by atoms with Gasteiger partial charge in [-0.15, -0.1) is 0 Å². The average Bonchev–Trinajstić information content (AvgIpc) is 2.01. The zero-order valence-electron chi connectivity index (χ0n) is 6.77. The van der Waals surface area contributed by atoms with Crippen LogP contribution in [0.4, 0.5) is 0 Å². The van der Waals surface area contributed by atoms with E-state index in [4.69, 9.17) is 15.3 Å². The number of quaternary nitrogens is 1. The van der Waals surface area contributed by atoms with Crippen LogP contribution in [-0.4, -0.2) is 52.0 Å². The molecule has 0 radical (unpaired) electrons. The summed E-state index contributed by atoms with van der Waals surface area (Å²) in [6, 6.07) is 0. The van der Waals surface area contributed by atoms with Gasteiger partial charge in [-0.3, -0.25) is 4.48 Å². The number of hydrogen-bond donors (Lipinski definition) is 3. The normalized spacial score (nSPS) is 10.9. The van der Waals surface area contributed by atoms with Crippen molar-refractivity contribution < 1.29 is 25.3 Å². The third kappa shape index (κ3) is 3.64. The van der Waals surface area contributed by atoms with E-state index in [1.165, 1.54) is 0 Å². The summed E-state index contributed by atoms with van der Waals surface area (Å²) in [5, 5.41) is 26.3. The molecule has 0 aliphatic carbocycles. The lowest BCUT2D eigenvalue weighted by atomic mass is 10.4. The van der Waals surface area contributed by atoms with E-state index in [2.05, 4.69) is 0 Å². The molecule has 0 saturated heterocycles. The molecule has 70 valence electrons. The fourth-order valence-corrected chi connectivity index (χ4v) is 0.821. The Bertz CT molecular complexity index is 76.4. The van der Waals surface area contributed by atoms with Crippen LogP contribution in [-0.2, 0) is 0 Å². The Morgan fingerprint density at radius 1 is 1.00 bits per heavy atom. The minimum Gasteiger partial charge on any atom is -0.870 e. The quantitative estimate of drug-likeness (QED) is 0.357. The lowest BCUT2D eigenvalue weighted by Crippen LogP contribution is -2.50. The molecular formula is C6H17NO4. The van der Waals surface area contributed by atoms with Gasteiger partial charge in [0, 0.05) is 0 Å². The zero-order chi connectivity index (χ0) is 8.04. The molecule has 0 atom stereocenters. The number of aliphatic hydroxyl groups excluding tert-OH is 3. The fraction of sp³-hybridized carbons (Fsp3) is 1.00. The van der Waals surface area contributed by atoms with Gasteiger partial charge in [0.2, 0.25) is 0 Å². The molecule has 0 fully saturated rings. The van der Waals surface area contributed by atoms with Gasteiger partial charge in [0.25, 0.3) is 0 Å². The van der Waals surface area contributed by atoms with E-state index in [9.17, 15) is 0 Å². The summed E-state index contributed by atoms with van der Waals surface area (Å²) in [7, 11) is 0. The van der Waals surface area contributed by atoms with Gasteiger partial charge >= 0.3 is 0 Å². The Hall–Kier alpha value is -0.200. The van der Waals surface area contributed by atoms with Gasteiger partial charge in [-0.05, 0) is 6.42 Å². The van der Waals surface area contributed by atoms with Gasteiger partial charge in [0.15, 0.2) is 20.2 Å². The summed E-state index contributed by atoms with van der Waals surface area (Å²) < 4.78 is -0.0312. The van der Waals surface area contributed by atoms with Crippen LogP contribution in [0.25, 0.3) is 0 Å². The van der Waals surface area contributed by atoms with Crippen molar-refractivity contribution in [2.45, 2.75) is 13.3 Å². The second-order valence-electron chi connectivity index (χ2n) is 2.49. The van der Waals surface area contributed by atoms with Crippen molar-refractivity contribution in [3.8, 4) is 0 Å². The minimum atomic E-state index is -0.208. The van der Waals surface area contributed by atoms with E-state index in [0.717, 1.165) is 6.42 Å². The van der Waals surface area contributed by atoms with E-state index in [1.54, 1.807) is 0 Å². The first-order valence-electron chi connectivity index (χ1n) is 3.42. The smallest absolute Gasteiger partial charge is 0.183 e. The zero-order valence-corrected chi connectivity index (χ0v) is 6.77. The third-order valence-corrected chi connectivity index (χ3v) is 1.60. The predicted octanol–water partition coefficient (Wildman–Crippen LogP) is -1.11. The summed E-state index contributed by atoms with van der Waals surface area (Å²) in [6.07, 6.45) is 0.835. The Morgan fingerprint density at radius 2 is 1.36 bits per heavy atom. The maximum absolute atomic E-state index is 8.76. The van der Waals surface area contributed by atoms with Crippen LogP contribution in [0.15, 0.2) is 0 Å². The van der Waals surface area contributed by atoms with Crippen molar-refractivity contribution in [3.63, 3.8) is 0 Å². The molecule has 0 aliphatic heterocycles. The van der Waals surface area contributed by atoms with Crippen molar-refractivity contribution in [1.29, 1.82) is 0 Å². The largest absolute Gasteiger partial charge is 0.870 e. The standard InChI is InChI=1S/C6H16NO3.H2O/c1-2-3-7(4-8,5-9)6-10;/h8-10H,2-6H2,1H3;1H2/q+1;/p-1. The highest BCUT2D eigenvalue weighted by molar-refractivity contribution is 4.26. The topological polar surface area (TPSA) is 90.7 Å². The molecule has 11 heavy (non-hydrogen) atoms. The second kappa shape index (κ2) is 6.51. The molecule has 0 spiro atoms. The summed E-state index contributed by atoms with van der Waals surface area (Å²) in [5.74, 6) is 0. The van der Waals surface area contributed by atoms with Gasteiger partial charge in [-0.25, -0.2) is 0 Å². The van der Waals surface area contributed by atoms with Gasteiger partial charge in [-0.1, -0.05) is 6.92 Å². The van der Waals surface area contributed by atoms with Crippen LogP contribution >= 0.6 is 0 Å². The molecular weight excluding hydrogens is 150 g/mol. The van der Waals surface area contributed by atoms with Crippen LogP contribution < -0.4 is 0 Å². The highest BCUT2D eigenvalue weighted by Crippen LogP contribution is 2.02. The second-order valence-corrected chi connectivity index (χ2v) is 2.49. The molecule has 0 aromatic carbocycles. The molecule has 0 amide bonds. The van der Waals surface area contributed by atoms with Gasteiger partial charge in [0.1, 0.15) is 0 Å². The van der Waals surface area contributed by atoms with Crippen molar-refractivity contribution >= 4 is 0 Å². The molecule has 0 saturated carbocycles. The van der Waals surface area contributed by atoms with Crippen LogP contribution in [0.1, 0.15) is 13.3 Å². The van der Waals surface area contributed by atoms with Crippen LogP contribution in [0.3, 0.4) is 0 Å². The molecule has 5 nitrogen and oxygen atoms in total. The average molecular weight is 167 g/mol. The first kappa shape index (κ1) is 13.4. The molecule has 5 heteroatoms. The summed E-state index contributed by atoms with van der Waals surface area (Å²) >= 11 is 0. The van der Waals surface area contributed by atoms with Crippen LogP contribution in [0.2, 0.25) is 0 Å². The summed E-state index contributed by atoms with van der Waals surface area (Å²) in [5.41, 5.74) is 0. The molecule has 0 heterocycles. The summed E-state index contributed by atoms with van der Waals surface area (Å²) in [4.78, 5) is 0. The molecule has 0 unspecified atom stereocenters. The predicted molar refractivity (Wildman–Crippen MR) is 38.6 cm³/mol. The number of aliphatic hydroxyl groups is 3. The molecule has 4 N–H and O–H groups in total. The molecule has 0 aromatic rings. The maximum Gasteiger partial charge on any atom is 0.183 e. The van der Waals surface area contributed by atoms with E-state index in [1.807, 2.05) is 6.92 Å². The highest BCUT2D eigenvalue weighted by Gasteiger charge is 2.22. The minimum absolute atomic E-state index is 0. The van der Waals surface area contributed by atoms with E-state index < -0.39 is 0 Å². The number of hydrogen-bond acceptors (Lipinski definition) is 4. The van der Waals surface area contributed by atoms with E-state index in [0.29, 0.717) is 6.54 Å². The number of rotatable bonds is 5. The fourth-order valence-electron chi connectivity index (χ4n) is 0.821. The molecule has 0 aliphatic rings. The van der Waals surface area contributed by atoms with E-state index >= 15 is 0 Å². The van der Waals surface area contributed by atoms with Crippen molar-refractivity contribution in [1.82, 2.24) is 0 Å². The van der Waals surface area contributed by atoms with Crippen LogP contribution in [0.5, 0.6) is 0 Å². The van der Waals surface area contributed by atoms with Gasteiger partial charge in [0.05, 0.1) is 6.54 Å². The molecule has 0 bridgehead atoms. The lowest BCUT2D eigenvalue weighted by molar-refractivity contribution is -0.976. The van der Waals surface area contributed by atoms with E-state index in [-0.39, 0.29) is 30.2 Å². The van der Waals surface area contributed by atoms with Crippen molar-refractivity contribution in [2.24, 2.45) is 0 Å². The molecule has 0 rings (SSSR count). The monoisotopic (exact) mass is 167 g/mol. The highest BCUT2D eigenvalue weighted by atomic mass is 16.3. The molecule has 0 aromatic heterocycles. The Labute approximate surface area is 66.4 Å². The first-order valence-corrected chi connectivity index (χ1v) is 3.42. The Kier molecular flexibility index (Phi) is 7.92. The first-order chi connectivity index (χ1) is 4.74. The lowest BCUT2D eigenvalue weighted by Gasteiger charge is -2.31. The number of nitrogens with zero attached hydrogens (tertiary/aromatic N) is 1.